The van der Waals surface area contributed by atoms with Crippen molar-refractivity contribution in [2.75, 3.05) is 38.8 Å². The molecule has 0 aliphatic rings. The second-order valence-corrected chi connectivity index (χ2v) is 3.23. The zero-order chi connectivity index (χ0) is 13.5. The predicted molar refractivity (Wildman–Crippen MR) is 60.2 cm³/mol. The molecule has 1 aromatic rings. The molecule has 0 bridgehead atoms. The standard InChI is InChI=1S/C9H15F2N5O2/c1-17-8-13-7(14-9(15-8)18-2)16(4-3-12)5-6(10)11/h6H,3-5,12H2,1-2H3. The number of ether oxygens (including phenoxy) is 2. The number of nitrogens with zero attached hydrogens (tertiary/aromatic N) is 4. The molecule has 0 saturated carbocycles. The third-order valence-corrected chi connectivity index (χ3v) is 1.99. The number of rotatable bonds is 7. The lowest BCUT2D eigenvalue weighted by Gasteiger charge is -2.21. The Morgan fingerprint density at radius 1 is 1.17 bits per heavy atom. The van der Waals surface area contributed by atoms with E-state index in [2.05, 4.69) is 15.0 Å². The van der Waals surface area contributed by atoms with Gasteiger partial charge in [-0.3, -0.25) is 0 Å². The highest BCUT2D eigenvalue weighted by atomic mass is 19.3. The summed E-state index contributed by atoms with van der Waals surface area (Å²) in [5, 5.41) is 0. The smallest absolute Gasteiger partial charge is 0.324 e. The van der Waals surface area contributed by atoms with Gasteiger partial charge in [-0.1, -0.05) is 0 Å². The van der Waals surface area contributed by atoms with Gasteiger partial charge in [-0.05, 0) is 0 Å². The van der Waals surface area contributed by atoms with Crippen molar-refractivity contribution in [1.29, 1.82) is 0 Å². The number of nitrogens with two attached hydrogens (primary N) is 1. The van der Waals surface area contributed by atoms with Crippen LogP contribution in [0.2, 0.25) is 0 Å². The molecular weight excluding hydrogens is 248 g/mol. The third kappa shape index (κ3) is 3.91. The van der Waals surface area contributed by atoms with Gasteiger partial charge < -0.3 is 20.1 Å². The lowest BCUT2D eigenvalue weighted by atomic mass is 10.5. The van der Waals surface area contributed by atoms with Crippen LogP contribution >= 0.6 is 0 Å². The van der Waals surface area contributed by atoms with Crippen molar-refractivity contribution in [3.8, 4) is 12.0 Å². The van der Waals surface area contributed by atoms with E-state index in [0.29, 0.717) is 0 Å². The van der Waals surface area contributed by atoms with Crippen LogP contribution in [0.25, 0.3) is 0 Å². The lowest BCUT2D eigenvalue weighted by Crippen LogP contribution is -2.35. The summed E-state index contributed by atoms with van der Waals surface area (Å²) in [5.74, 6) is 0.0458. The number of halogens is 2. The molecule has 1 heterocycles. The molecule has 0 amide bonds. The van der Waals surface area contributed by atoms with Gasteiger partial charge in [-0.15, -0.1) is 4.98 Å². The van der Waals surface area contributed by atoms with Gasteiger partial charge in [-0.2, -0.15) is 9.97 Å². The summed E-state index contributed by atoms with van der Waals surface area (Å²) >= 11 is 0. The number of aromatic nitrogens is 3. The molecule has 7 nitrogen and oxygen atoms in total. The zero-order valence-electron chi connectivity index (χ0n) is 10.1. The van der Waals surface area contributed by atoms with Gasteiger partial charge in [0.2, 0.25) is 5.95 Å². The maximum absolute atomic E-state index is 12.4. The molecule has 9 heteroatoms. The van der Waals surface area contributed by atoms with E-state index < -0.39 is 13.0 Å². The Bertz CT molecular complexity index is 358. The molecule has 0 aliphatic heterocycles. The van der Waals surface area contributed by atoms with Gasteiger partial charge in [0.15, 0.2) is 0 Å². The average molecular weight is 263 g/mol. The normalized spacial score (nSPS) is 10.6. The molecule has 18 heavy (non-hydrogen) atoms. The van der Waals surface area contributed by atoms with E-state index in [1.165, 1.54) is 19.1 Å². The molecule has 0 atom stereocenters. The molecule has 0 unspecified atom stereocenters. The maximum Gasteiger partial charge on any atom is 0.324 e. The van der Waals surface area contributed by atoms with Crippen molar-refractivity contribution in [2.45, 2.75) is 6.43 Å². The lowest BCUT2D eigenvalue weighted by molar-refractivity contribution is 0.154. The van der Waals surface area contributed by atoms with Crippen molar-refractivity contribution >= 4 is 5.95 Å². The maximum atomic E-state index is 12.4. The molecule has 0 aromatic carbocycles. The number of hydrogen-bond donors (Lipinski definition) is 1. The summed E-state index contributed by atoms with van der Waals surface area (Å²) in [7, 11) is 2.72. The Morgan fingerprint density at radius 2 is 1.72 bits per heavy atom. The fraction of sp³-hybridized carbons (Fsp3) is 0.667. The fourth-order valence-electron chi connectivity index (χ4n) is 1.25. The van der Waals surface area contributed by atoms with Gasteiger partial charge in [0, 0.05) is 13.1 Å². The molecule has 0 fully saturated rings. The van der Waals surface area contributed by atoms with Crippen LogP contribution in [0.4, 0.5) is 14.7 Å². The van der Waals surface area contributed by atoms with Crippen molar-refractivity contribution in [2.24, 2.45) is 5.73 Å². The minimum atomic E-state index is -2.52. The molecule has 0 saturated heterocycles. The number of methoxy groups -OCH3 is 2. The summed E-state index contributed by atoms with van der Waals surface area (Å²) in [6.45, 7) is -0.128. The Labute approximate surface area is 103 Å². The van der Waals surface area contributed by atoms with Crippen molar-refractivity contribution in [3.63, 3.8) is 0 Å². The highest BCUT2D eigenvalue weighted by Gasteiger charge is 2.17. The molecule has 102 valence electrons. The van der Waals surface area contributed by atoms with Crippen LogP contribution in [0, 0.1) is 0 Å². The molecule has 1 aromatic heterocycles. The van der Waals surface area contributed by atoms with Crippen LogP contribution in [-0.2, 0) is 0 Å². The Hall–Kier alpha value is -1.77. The summed E-state index contributed by atoms with van der Waals surface area (Å²) in [6, 6.07) is -0.0127. The van der Waals surface area contributed by atoms with E-state index in [-0.39, 0.29) is 31.1 Å². The second kappa shape index (κ2) is 6.84. The third-order valence-electron chi connectivity index (χ3n) is 1.99. The van der Waals surface area contributed by atoms with E-state index in [1.807, 2.05) is 0 Å². The van der Waals surface area contributed by atoms with E-state index in [0.717, 1.165) is 0 Å². The van der Waals surface area contributed by atoms with E-state index in [1.54, 1.807) is 0 Å². The van der Waals surface area contributed by atoms with E-state index in [4.69, 9.17) is 15.2 Å². The van der Waals surface area contributed by atoms with Crippen LogP contribution < -0.4 is 20.1 Å². The monoisotopic (exact) mass is 263 g/mol. The van der Waals surface area contributed by atoms with Gasteiger partial charge >= 0.3 is 12.0 Å². The number of anilines is 1. The first-order valence-corrected chi connectivity index (χ1v) is 5.18. The molecular formula is C9H15F2N5O2. The van der Waals surface area contributed by atoms with Gasteiger partial charge in [0.05, 0.1) is 20.8 Å². The first-order chi connectivity index (χ1) is 8.60. The fourth-order valence-corrected chi connectivity index (χ4v) is 1.25. The highest BCUT2D eigenvalue weighted by molar-refractivity contribution is 5.32. The topological polar surface area (TPSA) is 86.4 Å². The van der Waals surface area contributed by atoms with Crippen LogP contribution in [-0.4, -0.2) is 55.2 Å². The summed E-state index contributed by atoms with van der Waals surface area (Å²) < 4.78 is 34.6. The molecule has 1 rings (SSSR count). The molecule has 0 aliphatic carbocycles. The first kappa shape index (κ1) is 14.3. The summed E-state index contributed by atoms with van der Waals surface area (Å²) in [6.07, 6.45) is -2.52. The van der Waals surface area contributed by atoms with Crippen molar-refractivity contribution in [1.82, 2.24) is 15.0 Å². The van der Waals surface area contributed by atoms with Gasteiger partial charge in [0.25, 0.3) is 6.43 Å². The Morgan fingerprint density at radius 3 is 2.11 bits per heavy atom. The Balaban J connectivity index is 3.01. The minimum Gasteiger partial charge on any atom is -0.467 e. The van der Waals surface area contributed by atoms with Crippen LogP contribution in [0.3, 0.4) is 0 Å². The SMILES string of the molecule is COc1nc(OC)nc(N(CCN)CC(F)F)n1. The van der Waals surface area contributed by atoms with Crippen molar-refractivity contribution < 1.29 is 18.3 Å². The Kier molecular flexibility index (Phi) is 5.43. The largest absolute Gasteiger partial charge is 0.467 e. The van der Waals surface area contributed by atoms with E-state index >= 15 is 0 Å². The summed E-state index contributed by atoms with van der Waals surface area (Å²) in [5.41, 5.74) is 5.36. The van der Waals surface area contributed by atoms with Crippen LogP contribution in [0.15, 0.2) is 0 Å². The quantitative estimate of drug-likeness (QED) is 0.736. The number of alkyl halides is 2. The van der Waals surface area contributed by atoms with Crippen LogP contribution in [0.5, 0.6) is 12.0 Å². The number of hydrogen-bond acceptors (Lipinski definition) is 7. The van der Waals surface area contributed by atoms with Crippen molar-refractivity contribution in [3.05, 3.63) is 0 Å². The second-order valence-electron chi connectivity index (χ2n) is 3.23. The predicted octanol–water partition coefficient (Wildman–Crippen LogP) is -0.0810. The zero-order valence-corrected chi connectivity index (χ0v) is 10.1. The first-order valence-electron chi connectivity index (χ1n) is 5.18. The molecule has 0 spiro atoms. The van der Waals surface area contributed by atoms with Gasteiger partial charge in [-0.25, -0.2) is 8.78 Å². The average Bonchev–Trinajstić information content (AvgIpc) is 2.37. The molecule has 2 N–H and O–H groups in total. The summed E-state index contributed by atoms with van der Waals surface area (Å²) in [4.78, 5) is 12.8. The van der Waals surface area contributed by atoms with Crippen LogP contribution in [0.1, 0.15) is 0 Å². The minimum absolute atomic E-state index is 0.00635. The molecule has 0 radical (unpaired) electrons. The van der Waals surface area contributed by atoms with E-state index in [9.17, 15) is 8.78 Å². The highest BCUT2D eigenvalue weighted by Crippen LogP contribution is 2.16. The van der Waals surface area contributed by atoms with Gasteiger partial charge in [0.1, 0.15) is 0 Å².